The molecule has 0 saturated carbocycles. The number of aliphatic hydroxyl groups is 1. The van der Waals surface area contributed by atoms with Crippen LogP contribution in [0.3, 0.4) is 0 Å². The third-order valence-corrected chi connectivity index (χ3v) is 3.79. The summed E-state index contributed by atoms with van der Waals surface area (Å²) in [6, 6.07) is 12.6. The highest BCUT2D eigenvalue weighted by atomic mass is 16.5. The first-order chi connectivity index (χ1) is 12.5. The highest BCUT2D eigenvalue weighted by Crippen LogP contribution is 2.12. The van der Waals surface area contributed by atoms with Gasteiger partial charge >= 0.3 is 0 Å². The summed E-state index contributed by atoms with van der Waals surface area (Å²) in [7, 11) is 0. The zero-order chi connectivity index (χ0) is 18.5. The number of carbonyl (C=O) groups excluding carboxylic acids is 1. The normalized spacial score (nSPS) is 11.9. The van der Waals surface area contributed by atoms with E-state index in [0.717, 1.165) is 5.56 Å². The molecular weight excluding hydrogens is 334 g/mol. The molecule has 2 heterocycles. The van der Waals surface area contributed by atoms with E-state index in [1.54, 1.807) is 30.5 Å². The molecule has 1 amide bonds. The van der Waals surface area contributed by atoms with Crippen molar-refractivity contribution >= 4 is 11.6 Å². The van der Waals surface area contributed by atoms with Crippen molar-refractivity contribution in [2.45, 2.75) is 13.0 Å². The van der Waals surface area contributed by atoms with Crippen LogP contribution in [0.2, 0.25) is 0 Å². The molecule has 3 aromatic rings. The van der Waals surface area contributed by atoms with Gasteiger partial charge in [0.05, 0.1) is 0 Å². The molecule has 7 nitrogen and oxygen atoms in total. The summed E-state index contributed by atoms with van der Waals surface area (Å²) in [4.78, 5) is 28.6. The van der Waals surface area contributed by atoms with Crippen LogP contribution in [-0.4, -0.2) is 39.7 Å². The van der Waals surface area contributed by atoms with E-state index in [1.807, 2.05) is 25.1 Å². The van der Waals surface area contributed by atoms with Gasteiger partial charge in [-0.25, -0.2) is 4.98 Å². The van der Waals surface area contributed by atoms with E-state index < -0.39 is 17.6 Å². The number of nitrogens with zero attached hydrogens (tertiary/aromatic N) is 2. The van der Waals surface area contributed by atoms with Crippen LogP contribution in [0.5, 0.6) is 5.75 Å². The van der Waals surface area contributed by atoms with Gasteiger partial charge in [-0.05, 0) is 36.8 Å². The van der Waals surface area contributed by atoms with Gasteiger partial charge in [-0.2, -0.15) is 0 Å². The third kappa shape index (κ3) is 4.07. The molecule has 0 aliphatic heterocycles. The average Bonchev–Trinajstić information content (AvgIpc) is 2.65. The zero-order valence-electron chi connectivity index (χ0n) is 14.3. The summed E-state index contributed by atoms with van der Waals surface area (Å²) in [6.07, 6.45) is 1.88. The highest BCUT2D eigenvalue weighted by Gasteiger charge is 2.14. The highest BCUT2D eigenvalue weighted by molar-refractivity contribution is 5.93. The number of aliphatic hydroxyl groups excluding tert-OH is 1. The van der Waals surface area contributed by atoms with Gasteiger partial charge in [-0.15, -0.1) is 0 Å². The molecule has 2 aromatic heterocycles. The number of aryl methyl sites for hydroxylation is 1. The number of amides is 1. The molecule has 0 bridgehead atoms. The maximum atomic E-state index is 12.3. The minimum absolute atomic E-state index is 0.0265. The van der Waals surface area contributed by atoms with Gasteiger partial charge in [-0.1, -0.05) is 18.2 Å². The average molecular weight is 353 g/mol. The third-order valence-electron chi connectivity index (χ3n) is 3.79. The molecule has 0 aliphatic rings. The number of ether oxygens (including phenoxy) is 1. The lowest BCUT2D eigenvalue weighted by atomic mass is 10.2. The van der Waals surface area contributed by atoms with E-state index in [1.165, 1.54) is 10.6 Å². The lowest BCUT2D eigenvalue weighted by Crippen LogP contribution is -2.38. The Hall–Kier alpha value is -3.19. The van der Waals surface area contributed by atoms with Gasteiger partial charge in [0.15, 0.2) is 0 Å². The first kappa shape index (κ1) is 17.6. The number of hydrogen-bond donors (Lipinski definition) is 2. The van der Waals surface area contributed by atoms with Crippen molar-refractivity contribution in [1.29, 1.82) is 0 Å². The lowest BCUT2D eigenvalue weighted by molar-refractivity contribution is 0.0842. The number of rotatable bonds is 6. The Labute approximate surface area is 149 Å². The smallest absolute Gasteiger partial charge is 0.270 e. The molecule has 7 heteroatoms. The maximum Gasteiger partial charge on any atom is 0.270 e. The minimum Gasteiger partial charge on any atom is -0.491 e. The molecule has 0 fully saturated rings. The summed E-state index contributed by atoms with van der Waals surface area (Å²) in [5, 5.41) is 12.5. The number of benzene rings is 1. The summed E-state index contributed by atoms with van der Waals surface area (Å²) in [5.41, 5.74) is 0.967. The Morgan fingerprint density at radius 2 is 2.15 bits per heavy atom. The van der Waals surface area contributed by atoms with Crippen molar-refractivity contribution in [2.75, 3.05) is 13.2 Å². The Balaban J connectivity index is 1.58. The summed E-state index contributed by atoms with van der Waals surface area (Å²) in [5.74, 6) is 0.0581. The van der Waals surface area contributed by atoms with Gasteiger partial charge in [0.1, 0.15) is 29.7 Å². The molecule has 134 valence electrons. The van der Waals surface area contributed by atoms with Crippen LogP contribution >= 0.6 is 0 Å². The van der Waals surface area contributed by atoms with Crippen LogP contribution in [-0.2, 0) is 0 Å². The second-order valence-corrected chi connectivity index (χ2v) is 5.90. The molecule has 2 N–H and O–H groups in total. The van der Waals surface area contributed by atoms with Crippen LogP contribution in [0.25, 0.3) is 5.65 Å². The molecule has 1 aromatic carbocycles. The van der Waals surface area contributed by atoms with Crippen LogP contribution in [0.4, 0.5) is 0 Å². The molecule has 0 aliphatic carbocycles. The van der Waals surface area contributed by atoms with Crippen LogP contribution in [0.1, 0.15) is 15.9 Å². The predicted octanol–water partition coefficient (Wildman–Crippen LogP) is 1.17. The standard InChI is InChI=1S/C19H19N3O4/c1-13-5-4-6-15(9-13)26-12-14(23)10-21-18(24)16-11-20-17-7-2-3-8-22(17)19(16)25/h2-9,11,14,23H,10,12H2,1H3,(H,21,24)/t14-/m1/s1. The summed E-state index contributed by atoms with van der Waals surface area (Å²) < 4.78 is 6.79. The van der Waals surface area contributed by atoms with E-state index in [4.69, 9.17) is 4.74 Å². The first-order valence-electron chi connectivity index (χ1n) is 8.17. The Kier molecular flexibility index (Phi) is 5.28. The van der Waals surface area contributed by atoms with Crippen LogP contribution < -0.4 is 15.6 Å². The molecule has 0 radical (unpaired) electrons. The molecule has 1 atom stereocenters. The number of pyridine rings is 1. The summed E-state index contributed by atoms with van der Waals surface area (Å²) >= 11 is 0. The molecule has 0 spiro atoms. The van der Waals surface area contributed by atoms with Crippen molar-refractivity contribution in [3.05, 3.63) is 76.3 Å². The quantitative estimate of drug-likeness (QED) is 0.694. The number of nitrogens with one attached hydrogen (secondary N) is 1. The van der Waals surface area contributed by atoms with Crippen molar-refractivity contribution in [2.24, 2.45) is 0 Å². The second-order valence-electron chi connectivity index (χ2n) is 5.90. The number of carbonyl (C=O) groups is 1. The Morgan fingerprint density at radius 1 is 1.31 bits per heavy atom. The topological polar surface area (TPSA) is 92.9 Å². The fourth-order valence-electron chi connectivity index (χ4n) is 2.44. The lowest BCUT2D eigenvalue weighted by Gasteiger charge is -2.13. The van der Waals surface area contributed by atoms with E-state index in [0.29, 0.717) is 11.4 Å². The summed E-state index contributed by atoms with van der Waals surface area (Å²) in [6.45, 7) is 1.93. The number of aromatic nitrogens is 2. The van der Waals surface area contributed by atoms with Gasteiger partial charge in [-0.3, -0.25) is 14.0 Å². The second kappa shape index (κ2) is 7.79. The van der Waals surface area contributed by atoms with Crippen molar-refractivity contribution in [3.8, 4) is 5.75 Å². The van der Waals surface area contributed by atoms with E-state index in [-0.39, 0.29) is 18.7 Å². The zero-order valence-corrected chi connectivity index (χ0v) is 14.3. The monoisotopic (exact) mass is 353 g/mol. The molecule has 0 saturated heterocycles. The van der Waals surface area contributed by atoms with Gasteiger partial charge in [0, 0.05) is 18.9 Å². The van der Waals surface area contributed by atoms with Crippen molar-refractivity contribution in [3.63, 3.8) is 0 Å². The van der Waals surface area contributed by atoms with Gasteiger partial charge in [0.2, 0.25) is 0 Å². The SMILES string of the molecule is Cc1cccc(OC[C@H](O)CNC(=O)c2cnc3ccccn3c2=O)c1. The van der Waals surface area contributed by atoms with Crippen LogP contribution in [0.15, 0.2) is 59.7 Å². The number of fused-ring (bicyclic) bond motifs is 1. The molecule has 26 heavy (non-hydrogen) atoms. The van der Waals surface area contributed by atoms with E-state index in [2.05, 4.69) is 10.3 Å². The van der Waals surface area contributed by atoms with Crippen LogP contribution in [0, 0.1) is 6.92 Å². The van der Waals surface area contributed by atoms with Crippen molar-refractivity contribution < 1.29 is 14.6 Å². The maximum absolute atomic E-state index is 12.3. The fraction of sp³-hybridized carbons (Fsp3) is 0.211. The van der Waals surface area contributed by atoms with Gasteiger partial charge < -0.3 is 15.2 Å². The van der Waals surface area contributed by atoms with E-state index in [9.17, 15) is 14.7 Å². The molecule has 0 unspecified atom stereocenters. The van der Waals surface area contributed by atoms with Gasteiger partial charge in [0.25, 0.3) is 11.5 Å². The van der Waals surface area contributed by atoms with Crippen molar-refractivity contribution in [1.82, 2.24) is 14.7 Å². The fourth-order valence-corrected chi connectivity index (χ4v) is 2.44. The predicted molar refractivity (Wildman–Crippen MR) is 96.5 cm³/mol. The molecular formula is C19H19N3O4. The Bertz CT molecular complexity index is 984. The Morgan fingerprint density at radius 3 is 2.96 bits per heavy atom. The first-order valence-corrected chi connectivity index (χ1v) is 8.17. The number of hydrogen-bond acceptors (Lipinski definition) is 5. The minimum atomic E-state index is -0.907. The molecule has 3 rings (SSSR count). The largest absolute Gasteiger partial charge is 0.491 e. The van der Waals surface area contributed by atoms with E-state index >= 15 is 0 Å².